The zero-order chi connectivity index (χ0) is 12.4. The Morgan fingerprint density at radius 2 is 1.70 bits per heavy atom. The molecular formula is C14H19NaO5. The number of methoxy groups -OCH3 is 1. The molecule has 0 aromatic heterocycles. The molecule has 20 heavy (non-hydrogen) atoms. The molecule has 0 heterocycles. The molecule has 0 saturated heterocycles. The van der Waals surface area contributed by atoms with Crippen LogP contribution in [-0.4, -0.2) is 29.1 Å². The van der Waals surface area contributed by atoms with E-state index in [1.807, 2.05) is 36.4 Å². The fraction of sp³-hybridized carbons (Fsp3) is 0.214. The topological polar surface area (TPSA) is 110 Å². The van der Waals surface area contributed by atoms with Crippen molar-refractivity contribution >= 4 is 16.7 Å². The zero-order valence-corrected chi connectivity index (χ0v) is 13.8. The maximum atomic E-state index is 10.9. The first-order valence-corrected chi connectivity index (χ1v) is 5.42. The maximum Gasteiger partial charge on any atom is 1.00 e. The van der Waals surface area contributed by atoms with Gasteiger partial charge in [-0.2, -0.15) is 0 Å². The first-order valence-electron chi connectivity index (χ1n) is 5.42. The van der Waals surface area contributed by atoms with Gasteiger partial charge in [0.1, 0.15) is 5.75 Å². The Bertz CT molecular complexity index is 576. The molecule has 0 amide bonds. The first kappa shape index (κ1) is 21.2. The SMILES string of the molecule is COc1ccc2cc([C@H](C)C(=O)O)ccc2c1.O.O.[H-].[Na+]. The number of carbonyl (C=O) groups is 1. The number of benzene rings is 2. The molecule has 2 aromatic carbocycles. The van der Waals surface area contributed by atoms with E-state index in [2.05, 4.69) is 0 Å². The minimum absolute atomic E-state index is 0. The summed E-state index contributed by atoms with van der Waals surface area (Å²) in [5.41, 5.74) is 0.815. The molecule has 0 spiro atoms. The Labute approximate surface area is 141 Å². The van der Waals surface area contributed by atoms with Crippen LogP contribution in [-0.2, 0) is 4.79 Å². The van der Waals surface area contributed by atoms with E-state index in [0.717, 1.165) is 22.1 Å². The first-order chi connectivity index (χ1) is 8.11. The molecule has 2 rings (SSSR count). The number of hydrogen-bond donors (Lipinski definition) is 1. The van der Waals surface area contributed by atoms with E-state index in [1.54, 1.807) is 14.0 Å². The fourth-order valence-corrected chi connectivity index (χ4v) is 1.78. The molecule has 1 atom stereocenters. The van der Waals surface area contributed by atoms with Gasteiger partial charge in [0.15, 0.2) is 0 Å². The van der Waals surface area contributed by atoms with Crippen molar-refractivity contribution in [2.45, 2.75) is 12.8 Å². The van der Waals surface area contributed by atoms with Crippen molar-refractivity contribution in [2.24, 2.45) is 0 Å². The third-order valence-corrected chi connectivity index (χ3v) is 2.94. The molecule has 0 aliphatic carbocycles. The van der Waals surface area contributed by atoms with Gasteiger partial charge in [0.05, 0.1) is 13.0 Å². The molecule has 0 fully saturated rings. The fourth-order valence-electron chi connectivity index (χ4n) is 1.78. The van der Waals surface area contributed by atoms with Crippen molar-refractivity contribution in [1.82, 2.24) is 0 Å². The molecular weight excluding hydrogens is 271 g/mol. The maximum absolute atomic E-state index is 10.9. The second-order valence-corrected chi connectivity index (χ2v) is 4.03. The van der Waals surface area contributed by atoms with Crippen molar-refractivity contribution in [1.29, 1.82) is 0 Å². The minimum Gasteiger partial charge on any atom is -1.00 e. The Kier molecular flexibility index (Phi) is 9.48. The van der Waals surface area contributed by atoms with Crippen molar-refractivity contribution in [3.05, 3.63) is 42.0 Å². The van der Waals surface area contributed by atoms with Gasteiger partial charge in [0, 0.05) is 0 Å². The average molecular weight is 290 g/mol. The summed E-state index contributed by atoms with van der Waals surface area (Å²) in [7, 11) is 1.63. The van der Waals surface area contributed by atoms with Crippen LogP contribution in [0.2, 0.25) is 0 Å². The molecule has 0 unspecified atom stereocenters. The van der Waals surface area contributed by atoms with Gasteiger partial charge >= 0.3 is 35.5 Å². The predicted octanol–water partition coefficient (Wildman–Crippen LogP) is -1.50. The number of carboxylic acid groups (broad SMARTS) is 1. The van der Waals surface area contributed by atoms with E-state index < -0.39 is 11.9 Å². The van der Waals surface area contributed by atoms with Crippen LogP contribution in [0.15, 0.2) is 36.4 Å². The zero-order valence-electron chi connectivity index (χ0n) is 12.8. The quantitative estimate of drug-likeness (QED) is 0.695. The molecule has 106 valence electrons. The van der Waals surface area contributed by atoms with Crippen LogP contribution in [0.25, 0.3) is 10.8 Å². The second-order valence-electron chi connectivity index (χ2n) is 4.03. The smallest absolute Gasteiger partial charge is 1.00 e. The molecule has 6 heteroatoms. The summed E-state index contributed by atoms with van der Waals surface area (Å²) in [5.74, 6) is -0.490. The largest absolute Gasteiger partial charge is 1.00 e. The second kappa shape index (κ2) is 8.94. The van der Waals surface area contributed by atoms with Crippen molar-refractivity contribution in [2.75, 3.05) is 7.11 Å². The van der Waals surface area contributed by atoms with E-state index in [1.165, 1.54) is 0 Å². The Balaban J connectivity index is -0.000000810. The molecule has 5 nitrogen and oxygen atoms in total. The monoisotopic (exact) mass is 290 g/mol. The minimum atomic E-state index is -0.808. The van der Waals surface area contributed by atoms with Gasteiger partial charge in [0.25, 0.3) is 0 Å². The summed E-state index contributed by atoms with van der Waals surface area (Å²) in [4.78, 5) is 10.9. The van der Waals surface area contributed by atoms with Crippen molar-refractivity contribution in [3.8, 4) is 5.75 Å². The third-order valence-electron chi connectivity index (χ3n) is 2.94. The molecule has 0 saturated carbocycles. The number of hydrogen-bond acceptors (Lipinski definition) is 2. The summed E-state index contributed by atoms with van der Waals surface area (Å²) in [6, 6.07) is 11.4. The van der Waals surface area contributed by atoms with E-state index in [9.17, 15) is 4.79 Å². The average Bonchev–Trinajstić information content (AvgIpc) is 2.36. The molecule has 5 N–H and O–H groups in total. The van der Waals surface area contributed by atoms with Gasteiger partial charge in [-0.25, -0.2) is 0 Å². The standard InChI is InChI=1S/C14H14O3.Na.2H2O.H/c1-9(14(15)16)10-3-4-12-8-13(17-2)6-5-11(12)7-10;;;;/h3-9H,1-2H3,(H,15,16);;2*1H2;/q;+1;;;-1/t9-;;;;/m0..../s1. The summed E-state index contributed by atoms with van der Waals surface area (Å²) >= 11 is 0. The van der Waals surface area contributed by atoms with E-state index in [-0.39, 0.29) is 41.9 Å². The van der Waals surface area contributed by atoms with Crippen LogP contribution in [0.5, 0.6) is 5.75 Å². The van der Waals surface area contributed by atoms with Crippen LogP contribution < -0.4 is 34.3 Å². The Morgan fingerprint density at radius 3 is 2.25 bits per heavy atom. The van der Waals surface area contributed by atoms with Gasteiger partial charge in [-0.3, -0.25) is 4.79 Å². The van der Waals surface area contributed by atoms with E-state index in [0.29, 0.717) is 0 Å². The summed E-state index contributed by atoms with van der Waals surface area (Å²) in [6.07, 6.45) is 0. The molecule has 0 aliphatic heterocycles. The van der Waals surface area contributed by atoms with Gasteiger partial charge in [-0.1, -0.05) is 24.3 Å². The summed E-state index contributed by atoms with van der Waals surface area (Å²) < 4.78 is 5.14. The number of fused-ring (bicyclic) bond motifs is 1. The summed E-state index contributed by atoms with van der Waals surface area (Å²) in [6.45, 7) is 1.69. The third kappa shape index (κ3) is 4.47. The predicted molar refractivity (Wildman–Crippen MR) is 74.9 cm³/mol. The summed E-state index contributed by atoms with van der Waals surface area (Å²) in [5, 5.41) is 11.0. The molecule has 0 bridgehead atoms. The van der Waals surface area contributed by atoms with Crippen molar-refractivity contribution in [3.63, 3.8) is 0 Å². The normalized spacial score (nSPS) is 10.5. The Morgan fingerprint density at radius 1 is 1.15 bits per heavy atom. The number of ether oxygens (including phenoxy) is 1. The molecule has 0 aliphatic rings. The Hall–Kier alpha value is -1.11. The number of carboxylic acids is 1. The van der Waals surface area contributed by atoms with Crippen LogP contribution >= 0.6 is 0 Å². The van der Waals surface area contributed by atoms with Gasteiger partial charge in [0.2, 0.25) is 0 Å². The molecule has 2 aromatic rings. The number of rotatable bonds is 3. The van der Waals surface area contributed by atoms with E-state index in [4.69, 9.17) is 9.84 Å². The van der Waals surface area contributed by atoms with Crippen LogP contribution in [0.3, 0.4) is 0 Å². The van der Waals surface area contributed by atoms with Crippen LogP contribution in [0.4, 0.5) is 0 Å². The van der Waals surface area contributed by atoms with Gasteiger partial charge < -0.3 is 22.2 Å². The van der Waals surface area contributed by atoms with Crippen LogP contribution in [0.1, 0.15) is 19.8 Å². The van der Waals surface area contributed by atoms with Gasteiger partial charge in [-0.05, 0) is 35.4 Å². The van der Waals surface area contributed by atoms with E-state index >= 15 is 0 Å². The number of aliphatic carboxylic acids is 1. The molecule has 0 radical (unpaired) electrons. The van der Waals surface area contributed by atoms with Gasteiger partial charge in [-0.15, -0.1) is 0 Å². The van der Waals surface area contributed by atoms with Crippen LogP contribution in [0, 0.1) is 0 Å². The van der Waals surface area contributed by atoms with Crippen molar-refractivity contribution < 1.29 is 56.6 Å².